The molecular weight excluding hydrogens is 344 g/mol. The van der Waals surface area contributed by atoms with Gasteiger partial charge in [0.25, 0.3) is 0 Å². The number of hydrogen-bond acceptors (Lipinski definition) is 4. The van der Waals surface area contributed by atoms with Crippen LogP contribution in [-0.2, 0) is 6.54 Å². The second-order valence-electron chi connectivity index (χ2n) is 7.03. The second kappa shape index (κ2) is 7.50. The molecule has 0 unspecified atom stereocenters. The van der Waals surface area contributed by atoms with Crippen molar-refractivity contribution in [2.75, 3.05) is 10.6 Å². The van der Waals surface area contributed by atoms with E-state index in [4.69, 9.17) is 16.6 Å². The summed E-state index contributed by atoms with van der Waals surface area (Å²) in [4.78, 5) is 9.43. The summed E-state index contributed by atoms with van der Waals surface area (Å²) in [6, 6.07) is 14.7. The van der Waals surface area contributed by atoms with Crippen molar-refractivity contribution in [3.8, 4) is 0 Å². The van der Waals surface area contributed by atoms with Gasteiger partial charge in [-0.3, -0.25) is 0 Å². The van der Waals surface area contributed by atoms with Crippen LogP contribution in [0, 0.1) is 6.92 Å². The number of nitrogens with one attached hydrogen (secondary N) is 2. The lowest BCUT2D eigenvalue weighted by Gasteiger charge is -2.16. The van der Waals surface area contributed by atoms with E-state index in [1.807, 2.05) is 37.3 Å². The highest BCUT2D eigenvalue weighted by molar-refractivity contribution is 6.30. The number of nitrogens with zero attached hydrogens (tertiary/aromatic N) is 2. The molecule has 1 aliphatic carbocycles. The summed E-state index contributed by atoms with van der Waals surface area (Å²) in [5.41, 5.74) is 3.22. The lowest BCUT2D eigenvalue weighted by Crippen LogP contribution is -2.17. The van der Waals surface area contributed by atoms with E-state index in [-0.39, 0.29) is 0 Å². The Hall–Kier alpha value is -2.33. The molecule has 2 N–H and O–H groups in total. The van der Waals surface area contributed by atoms with Crippen molar-refractivity contribution in [1.82, 2.24) is 9.97 Å². The Bertz CT molecular complexity index is 899. The standard InChI is InChI=1S/C21H23ClN4/c1-14-10-15(12-16(22)11-14)13-23-21-25-19-9-5-4-8-18(19)20(26-21)24-17-6-2-3-7-17/h4-5,8-12,17H,2-3,6-7,13H2,1H3,(H2,23,24,25,26). The lowest BCUT2D eigenvalue weighted by molar-refractivity contribution is 0.751. The first-order valence-corrected chi connectivity index (χ1v) is 9.58. The summed E-state index contributed by atoms with van der Waals surface area (Å²) < 4.78 is 0. The fourth-order valence-electron chi connectivity index (χ4n) is 3.62. The molecule has 1 heterocycles. The van der Waals surface area contributed by atoms with Crippen LogP contribution >= 0.6 is 11.6 Å². The van der Waals surface area contributed by atoms with E-state index in [0.29, 0.717) is 18.5 Å². The molecule has 0 spiro atoms. The van der Waals surface area contributed by atoms with Crippen LogP contribution in [0.2, 0.25) is 5.02 Å². The van der Waals surface area contributed by atoms with Gasteiger partial charge in [0.1, 0.15) is 5.82 Å². The quantitative estimate of drug-likeness (QED) is 0.620. The van der Waals surface area contributed by atoms with Crippen LogP contribution in [-0.4, -0.2) is 16.0 Å². The van der Waals surface area contributed by atoms with E-state index in [0.717, 1.165) is 32.9 Å². The molecule has 4 nitrogen and oxygen atoms in total. The van der Waals surface area contributed by atoms with Gasteiger partial charge in [-0.15, -0.1) is 0 Å². The third kappa shape index (κ3) is 3.91. The van der Waals surface area contributed by atoms with Gasteiger partial charge >= 0.3 is 0 Å². The Balaban J connectivity index is 1.60. The molecule has 3 aromatic rings. The minimum Gasteiger partial charge on any atom is -0.367 e. The molecule has 1 aliphatic rings. The smallest absolute Gasteiger partial charge is 0.225 e. The Morgan fingerprint density at radius 1 is 1.08 bits per heavy atom. The fraction of sp³-hybridized carbons (Fsp3) is 0.333. The van der Waals surface area contributed by atoms with E-state index in [1.165, 1.54) is 25.7 Å². The largest absolute Gasteiger partial charge is 0.367 e. The number of benzene rings is 2. The molecule has 134 valence electrons. The highest BCUT2D eigenvalue weighted by atomic mass is 35.5. The molecule has 1 saturated carbocycles. The van der Waals surface area contributed by atoms with Crippen LogP contribution in [0.15, 0.2) is 42.5 Å². The van der Waals surface area contributed by atoms with Crippen LogP contribution in [0.5, 0.6) is 0 Å². The van der Waals surface area contributed by atoms with E-state index < -0.39 is 0 Å². The molecule has 26 heavy (non-hydrogen) atoms. The first-order valence-electron chi connectivity index (χ1n) is 9.21. The van der Waals surface area contributed by atoms with Gasteiger partial charge in [0.2, 0.25) is 5.95 Å². The Labute approximate surface area is 159 Å². The zero-order chi connectivity index (χ0) is 17.9. The Kier molecular flexibility index (Phi) is 4.93. The molecule has 0 bridgehead atoms. The van der Waals surface area contributed by atoms with Gasteiger partial charge in [-0.05, 0) is 55.2 Å². The minimum absolute atomic E-state index is 0.511. The van der Waals surface area contributed by atoms with Crippen LogP contribution in [0.3, 0.4) is 0 Å². The van der Waals surface area contributed by atoms with Gasteiger partial charge in [-0.1, -0.05) is 42.6 Å². The van der Waals surface area contributed by atoms with Crippen molar-refractivity contribution in [2.45, 2.75) is 45.2 Å². The average molecular weight is 367 g/mol. The molecule has 0 aliphatic heterocycles. The summed E-state index contributed by atoms with van der Waals surface area (Å²) in [5.74, 6) is 1.56. The van der Waals surface area contributed by atoms with Gasteiger partial charge in [0.05, 0.1) is 5.52 Å². The topological polar surface area (TPSA) is 49.8 Å². The Morgan fingerprint density at radius 2 is 1.88 bits per heavy atom. The van der Waals surface area contributed by atoms with Gasteiger partial charge < -0.3 is 10.6 Å². The monoisotopic (exact) mass is 366 g/mol. The van der Waals surface area contributed by atoms with Crippen molar-refractivity contribution < 1.29 is 0 Å². The molecule has 0 saturated heterocycles. The fourth-order valence-corrected chi connectivity index (χ4v) is 3.94. The average Bonchev–Trinajstić information content (AvgIpc) is 3.12. The summed E-state index contributed by atoms with van der Waals surface area (Å²) in [5, 5.41) is 8.81. The van der Waals surface area contributed by atoms with Crippen molar-refractivity contribution >= 4 is 34.3 Å². The van der Waals surface area contributed by atoms with E-state index in [9.17, 15) is 0 Å². The maximum Gasteiger partial charge on any atom is 0.225 e. The van der Waals surface area contributed by atoms with Crippen molar-refractivity contribution in [2.24, 2.45) is 0 Å². The molecule has 4 rings (SSSR count). The predicted octanol–water partition coefficient (Wildman–Crippen LogP) is 5.56. The van der Waals surface area contributed by atoms with Crippen molar-refractivity contribution in [3.05, 3.63) is 58.6 Å². The molecular formula is C21H23ClN4. The second-order valence-corrected chi connectivity index (χ2v) is 7.47. The first kappa shape index (κ1) is 17.1. The van der Waals surface area contributed by atoms with Gasteiger partial charge in [0, 0.05) is 23.0 Å². The summed E-state index contributed by atoms with van der Waals surface area (Å²) >= 11 is 6.16. The highest BCUT2D eigenvalue weighted by Crippen LogP contribution is 2.27. The zero-order valence-corrected chi connectivity index (χ0v) is 15.7. The van der Waals surface area contributed by atoms with E-state index >= 15 is 0 Å². The van der Waals surface area contributed by atoms with Crippen molar-refractivity contribution in [1.29, 1.82) is 0 Å². The van der Waals surface area contributed by atoms with Crippen LogP contribution in [0.4, 0.5) is 11.8 Å². The summed E-state index contributed by atoms with van der Waals surface area (Å²) in [7, 11) is 0. The highest BCUT2D eigenvalue weighted by Gasteiger charge is 2.17. The first-order chi connectivity index (χ1) is 12.7. The van der Waals surface area contributed by atoms with Crippen LogP contribution in [0.25, 0.3) is 10.9 Å². The SMILES string of the molecule is Cc1cc(Cl)cc(CNc2nc(NC3CCCC3)c3ccccc3n2)c1. The number of para-hydroxylation sites is 1. The van der Waals surface area contributed by atoms with Gasteiger partial charge in [-0.25, -0.2) is 4.98 Å². The predicted molar refractivity (Wildman–Crippen MR) is 109 cm³/mol. The number of aromatic nitrogens is 2. The number of halogens is 1. The molecule has 2 aromatic carbocycles. The summed E-state index contributed by atoms with van der Waals surface area (Å²) in [6.45, 7) is 2.69. The maximum atomic E-state index is 6.16. The van der Waals surface area contributed by atoms with E-state index in [2.05, 4.69) is 27.8 Å². The normalized spacial score (nSPS) is 14.7. The number of anilines is 2. The third-order valence-electron chi connectivity index (χ3n) is 4.85. The molecule has 0 amide bonds. The molecule has 0 atom stereocenters. The third-order valence-corrected chi connectivity index (χ3v) is 5.07. The maximum absolute atomic E-state index is 6.16. The van der Waals surface area contributed by atoms with Crippen LogP contribution in [0.1, 0.15) is 36.8 Å². The number of rotatable bonds is 5. The lowest BCUT2D eigenvalue weighted by atomic mass is 10.1. The molecule has 5 heteroatoms. The molecule has 0 radical (unpaired) electrons. The Morgan fingerprint density at radius 3 is 2.69 bits per heavy atom. The molecule has 1 aromatic heterocycles. The van der Waals surface area contributed by atoms with E-state index in [1.54, 1.807) is 0 Å². The number of hydrogen-bond donors (Lipinski definition) is 2. The number of fused-ring (bicyclic) bond motifs is 1. The number of aryl methyl sites for hydroxylation is 1. The minimum atomic E-state index is 0.511. The van der Waals surface area contributed by atoms with Gasteiger partial charge in [0.15, 0.2) is 0 Å². The van der Waals surface area contributed by atoms with Crippen molar-refractivity contribution in [3.63, 3.8) is 0 Å². The zero-order valence-electron chi connectivity index (χ0n) is 14.9. The summed E-state index contributed by atoms with van der Waals surface area (Å²) in [6.07, 6.45) is 5.01. The van der Waals surface area contributed by atoms with Crippen LogP contribution < -0.4 is 10.6 Å². The van der Waals surface area contributed by atoms with Gasteiger partial charge in [-0.2, -0.15) is 4.98 Å². The molecule has 1 fully saturated rings.